The van der Waals surface area contributed by atoms with E-state index in [2.05, 4.69) is 9.47 Å². The van der Waals surface area contributed by atoms with Gasteiger partial charge in [-0.3, -0.25) is 9.47 Å². The number of hydrogen-bond donors (Lipinski definition) is 1. The number of aliphatic hydroxyl groups is 1. The van der Waals surface area contributed by atoms with Gasteiger partial charge in [-0.1, -0.05) is 0 Å². The van der Waals surface area contributed by atoms with Gasteiger partial charge in [-0.25, -0.2) is 17.6 Å². The summed E-state index contributed by atoms with van der Waals surface area (Å²) in [5.41, 5.74) is 0. The van der Waals surface area contributed by atoms with E-state index in [1.54, 1.807) is 0 Å². The van der Waals surface area contributed by atoms with Gasteiger partial charge in [0.05, 0.1) is 0 Å². The third-order valence-electron chi connectivity index (χ3n) is 2.74. The van der Waals surface area contributed by atoms with Crippen molar-refractivity contribution in [3.63, 3.8) is 0 Å². The van der Waals surface area contributed by atoms with Gasteiger partial charge in [0.15, 0.2) is 0 Å². The zero-order valence-electron chi connectivity index (χ0n) is 10.3. The molecule has 2 atom stereocenters. The van der Waals surface area contributed by atoms with Crippen molar-refractivity contribution in [2.45, 2.75) is 48.6 Å². The normalized spacial score (nSPS) is 30.7. The van der Waals surface area contributed by atoms with Crippen LogP contribution in [0.3, 0.4) is 0 Å². The number of halogens is 13. The predicted octanol–water partition coefficient (Wildman–Crippen LogP) is 2.73. The topological polar surface area (TPSA) is 38.7 Å². The van der Waals surface area contributed by atoms with E-state index in [9.17, 15) is 57.1 Å². The van der Waals surface area contributed by atoms with E-state index in [4.69, 9.17) is 5.11 Å². The Bertz CT molecular complexity index is 494. The first-order valence-corrected chi connectivity index (χ1v) is 5.19. The van der Waals surface area contributed by atoms with Crippen LogP contribution in [0.1, 0.15) is 0 Å². The first kappa shape index (κ1) is 25.0. The Hall–Kier alpha value is -0.0300. The molecule has 0 saturated carbocycles. The molecule has 1 saturated heterocycles. The van der Waals surface area contributed by atoms with Gasteiger partial charge in [-0.15, -0.1) is 0 Å². The number of rotatable bonds is 5. The van der Waals surface area contributed by atoms with Crippen LogP contribution >= 0.6 is 0 Å². The molecule has 2 unspecified atom stereocenters. The molecule has 0 radical (unpaired) electrons. The molecule has 1 aliphatic rings. The van der Waals surface area contributed by atoms with Crippen LogP contribution in [0.5, 0.6) is 0 Å². The molecule has 3 nitrogen and oxygen atoms in total. The van der Waals surface area contributed by atoms with Gasteiger partial charge in [-0.2, -0.15) is 39.5 Å². The molecular weight excluding hydrogens is 414 g/mol. The Kier molecular flexibility index (Phi) is 6.53. The molecule has 0 aromatic heterocycles. The number of ether oxygens (including phenoxy) is 2. The molecule has 0 aliphatic carbocycles. The van der Waals surface area contributed by atoms with Gasteiger partial charge in [0, 0.05) is 0 Å². The molecule has 1 fully saturated rings. The number of hydrogen-bond acceptors (Lipinski definition) is 3. The summed E-state index contributed by atoms with van der Waals surface area (Å²) < 4.78 is 170. The molecule has 1 N–H and O–H groups in total. The van der Waals surface area contributed by atoms with E-state index < -0.39 is 48.6 Å². The fraction of sp³-hybridized carbons (Fsp3) is 1.00. The molecule has 25 heavy (non-hydrogen) atoms. The Morgan fingerprint density at radius 2 is 1.08 bits per heavy atom. The Balaban J connectivity index is 0.00000576. The second kappa shape index (κ2) is 6.54. The van der Waals surface area contributed by atoms with E-state index in [-0.39, 0.29) is 29.6 Å². The standard InChI is InChI=1S/C8H3F13O3.Na.H/c9-1(10)3(13,14)5(17)8(20,21)24-6(23-5,7(18,19)22)4(15,16)2(11)12;;/h1-2,22H;;. The van der Waals surface area contributed by atoms with Gasteiger partial charge in [-0.05, 0) is 0 Å². The Morgan fingerprint density at radius 3 is 1.36 bits per heavy atom. The molecule has 1 aliphatic heterocycles. The molecule has 1 heterocycles. The first-order valence-electron chi connectivity index (χ1n) is 5.19. The zero-order valence-corrected chi connectivity index (χ0v) is 10.3. The van der Waals surface area contributed by atoms with Crippen molar-refractivity contribution in [3.8, 4) is 0 Å². The van der Waals surface area contributed by atoms with Crippen molar-refractivity contribution < 1.29 is 71.7 Å². The summed E-state index contributed by atoms with van der Waals surface area (Å²) in [5.74, 6) is -26.7. The van der Waals surface area contributed by atoms with Gasteiger partial charge in [0.25, 0.3) is 0 Å². The van der Waals surface area contributed by atoms with E-state index >= 15 is 0 Å². The van der Waals surface area contributed by atoms with Crippen LogP contribution in [0.25, 0.3) is 0 Å². The summed E-state index contributed by atoms with van der Waals surface area (Å²) in [6.45, 7) is 0. The van der Waals surface area contributed by atoms with Crippen LogP contribution in [0.4, 0.5) is 57.1 Å². The molecule has 17 heteroatoms. The van der Waals surface area contributed by atoms with Gasteiger partial charge < -0.3 is 5.11 Å². The molecule has 1 rings (SSSR count). The third-order valence-corrected chi connectivity index (χ3v) is 2.74. The second-order valence-electron chi connectivity index (χ2n) is 4.32. The van der Waals surface area contributed by atoms with E-state index in [1.807, 2.05) is 0 Å². The van der Waals surface area contributed by atoms with Crippen molar-refractivity contribution in [2.24, 2.45) is 0 Å². The second-order valence-corrected chi connectivity index (χ2v) is 4.32. The van der Waals surface area contributed by atoms with Gasteiger partial charge in [0.2, 0.25) is 0 Å². The summed E-state index contributed by atoms with van der Waals surface area (Å²) in [7, 11) is 0. The van der Waals surface area contributed by atoms with Gasteiger partial charge in [0.1, 0.15) is 0 Å². The Morgan fingerprint density at radius 1 is 0.720 bits per heavy atom. The van der Waals surface area contributed by atoms with Crippen molar-refractivity contribution in [1.29, 1.82) is 0 Å². The molecule has 0 amide bonds. The summed E-state index contributed by atoms with van der Waals surface area (Å²) in [5, 5.41) is 8.09. The van der Waals surface area contributed by atoms with Crippen LogP contribution in [-0.2, 0) is 9.47 Å². The van der Waals surface area contributed by atoms with E-state index in [0.29, 0.717) is 0 Å². The molecule has 146 valence electrons. The average molecular weight is 418 g/mol. The minimum atomic E-state index is -6.79. The summed E-state index contributed by atoms with van der Waals surface area (Å²) in [4.78, 5) is 0. The van der Waals surface area contributed by atoms with Crippen LogP contribution in [0.2, 0.25) is 0 Å². The molecule has 0 bridgehead atoms. The van der Waals surface area contributed by atoms with Crippen LogP contribution < -0.4 is 0 Å². The fourth-order valence-corrected chi connectivity index (χ4v) is 1.53. The molecular formula is C8H4F13NaO3. The zero-order chi connectivity index (χ0) is 19.6. The maximum absolute atomic E-state index is 13.6. The van der Waals surface area contributed by atoms with Crippen molar-refractivity contribution in [1.82, 2.24) is 0 Å². The predicted molar refractivity (Wildman–Crippen MR) is 49.9 cm³/mol. The van der Waals surface area contributed by atoms with Crippen LogP contribution in [-0.4, -0.2) is 83.2 Å². The third kappa shape index (κ3) is 3.22. The maximum atomic E-state index is 13.6. The molecule has 0 spiro atoms. The van der Waals surface area contributed by atoms with Crippen molar-refractivity contribution >= 4 is 29.6 Å². The van der Waals surface area contributed by atoms with E-state index in [0.717, 1.165) is 0 Å². The number of alkyl halides is 13. The average Bonchev–Trinajstić information content (AvgIpc) is 2.58. The Labute approximate surface area is 150 Å². The van der Waals surface area contributed by atoms with Crippen LogP contribution in [0, 0.1) is 0 Å². The van der Waals surface area contributed by atoms with Crippen LogP contribution in [0.15, 0.2) is 0 Å². The SMILES string of the molecule is OC(F)(F)C1(C(F)(F)C(F)F)OC(F)(F)C(F)(C(F)(F)C(F)F)O1.[NaH]. The monoisotopic (exact) mass is 418 g/mol. The van der Waals surface area contributed by atoms with Crippen molar-refractivity contribution in [2.75, 3.05) is 0 Å². The van der Waals surface area contributed by atoms with Gasteiger partial charge >= 0.3 is 78.1 Å². The first-order chi connectivity index (χ1) is 10.3. The summed E-state index contributed by atoms with van der Waals surface area (Å²) in [6.07, 6.45) is -24.3. The molecule has 0 aromatic carbocycles. The quantitative estimate of drug-likeness (QED) is 0.552. The van der Waals surface area contributed by atoms with E-state index in [1.165, 1.54) is 0 Å². The minimum absolute atomic E-state index is 0. The summed E-state index contributed by atoms with van der Waals surface area (Å²) in [6, 6.07) is 0. The van der Waals surface area contributed by atoms with Crippen molar-refractivity contribution in [3.05, 3.63) is 0 Å². The summed E-state index contributed by atoms with van der Waals surface area (Å²) >= 11 is 0. The molecule has 0 aromatic rings. The fourth-order valence-electron chi connectivity index (χ4n) is 1.53.